The van der Waals surface area contributed by atoms with Gasteiger partial charge in [0, 0.05) is 11.6 Å². The van der Waals surface area contributed by atoms with Gasteiger partial charge in [-0.3, -0.25) is 4.98 Å². The molecule has 0 amide bonds. The first-order chi connectivity index (χ1) is 6.14. The topological polar surface area (TPSA) is 42.4 Å². The van der Waals surface area contributed by atoms with Gasteiger partial charge in [0.25, 0.3) is 0 Å². The average Bonchev–Trinajstić information content (AvgIpc) is 2.17. The van der Waals surface area contributed by atoms with Crippen molar-refractivity contribution in [2.75, 3.05) is 13.2 Å². The molecule has 0 bridgehead atoms. The first kappa shape index (κ1) is 9.99. The largest absolute Gasteiger partial charge is 0.491 e. The van der Waals surface area contributed by atoms with Gasteiger partial charge in [0.2, 0.25) is 0 Å². The maximum atomic E-state index is 8.98. The molecule has 0 spiro atoms. The minimum absolute atomic E-state index is 0.118. The molecule has 72 valence electrons. The van der Waals surface area contributed by atoms with E-state index in [1.165, 1.54) is 0 Å². The van der Waals surface area contributed by atoms with Gasteiger partial charge in [0.05, 0.1) is 19.4 Å². The van der Waals surface area contributed by atoms with Crippen molar-refractivity contribution in [2.45, 2.75) is 13.8 Å². The van der Waals surface area contributed by atoms with Crippen molar-refractivity contribution in [1.82, 2.24) is 4.98 Å². The van der Waals surface area contributed by atoms with E-state index < -0.39 is 0 Å². The Morgan fingerprint density at radius 1 is 1.54 bits per heavy atom. The van der Waals surface area contributed by atoms with Crippen molar-refractivity contribution in [2.24, 2.45) is 5.41 Å². The van der Waals surface area contributed by atoms with E-state index in [1.54, 1.807) is 12.4 Å². The Morgan fingerprint density at radius 3 is 2.85 bits per heavy atom. The molecule has 0 radical (unpaired) electrons. The van der Waals surface area contributed by atoms with Gasteiger partial charge < -0.3 is 9.84 Å². The number of aliphatic hydroxyl groups is 1. The smallest absolute Gasteiger partial charge is 0.137 e. The lowest BCUT2D eigenvalue weighted by Crippen LogP contribution is -2.25. The Kier molecular flexibility index (Phi) is 3.25. The molecule has 0 saturated heterocycles. The highest BCUT2D eigenvalue weighted by atomic mass is 16.5. The van der Waals surface area contributed by atoms with E-state index in [0.717, 1.165) is 5.75 Å². The normalized spacial score (nSPS) is 11.3. The van der Waals surface area contributed by atoms with Crippen LogP contribution in [0.15, 0.2) is 24.5 Å². The molecule has 0 aromatic carbocycles. The third-order valence-electron chi connectivity index (χ3n) is 1.69. The van der Waals surface area contributed by atoms with E-state index in [9.17, 15) is 0 Å². The SMILES string of the molecule is CC(C)(CO)COc1cccnc1. The van der Waals surface area contributed by atoms with Gasteiger partial charge in [-0.1, -0.05) is 13.8 Å². The minimum atomic E-state index is -0.199. The van der Waals surface area contributed by atoms with E-state index in [1.807, 2.05) is 26.0 Å². The fourth-order valence-electron chi connectivity index (χ4n) is 0.757. The molecule has 1 aromatic heterocycles. The molecule has 0 aliphatic carbocycles. The summed E-state index contributed by atoms with van der Waals surface area (Å²) in [6.07, 6.45) is 3.36. The lowest BCUT2D eigenvalue weighted by molar-refractivity contribution is 0.0974. The summed E-state index contributed by atoms with van der Waals surface area (Å²) in [4.78, 5) is 3.92. The van der Waals surface area contributed by atoms with Gasteiger partial charge >= 0.3 is 0 Å². The molecule has 13 heavy (non-hydrogen) atoms. The van der Waals surface area contributed by atoms with Crippen molar-refractivity contribution in [3.05, 3.63) is 24.5 Å². The first-order valence-electron chi connectivity index (χ1n) is 4.28. The second kappa shape index (κ2) is 4.23. The van der Waals surface area contributed by atoms with E-state index in [2.05, 4.69) is 4.98 Å². The number of pyridine rings is 1. The zero-order chi connectivity index (χ0) is 9.73. The van der Waals surface area contributed by atoms with Crippen LogP contribution in [0.1, 0.15) is 13.8 Å². The van der Waals surface area contributed by atoms with Gasteiger partial charge in [0.15, 0.2) is 0 Å². The van der Waals surface area contributed by atoms with E-state index in [4.69, 9.17) is 9.84 Å². The van der Waals surface area contributed by atoms with Crippen LogP contribution in [0.4, 0.5) is 0 Å². The summed E-state index contributed by atoms with van der Waals surface area (Å²) in [7, 11) is 0. The Hall–Kier alpha value is -1.09. The zero-order valence-corrected chi connectivity index (χ0v) is 8.03. The molecular formula is C10H15NO2. The average molecular weight is 181 g/mol. The third kappa shape index (κ3) is 3.42. The molecule has 0 fully saturated rings. The van der Waals surface area contributed by atoms with Crippen molar-refractivity contribution in [3.8, 4) is 5.75 Å². The molecule has 1 aromatic rings. The van der Waals surface area contributed by atoms with Crippen LogP contribution in [-0.2, 0) is 0 Å². The Labute approximate surface area is 78.4 Å². The van der Waals surface area contributed by atoms with Crippen LogP contribution in [0.25, 0.3) is 0 Å². The number of rotatable bonds is 4. The van der Waals surface area contributed by atoms with E-state index in [0.29, 0.717) is 6.61 Å². The Bertz CT molecular complexity index is 246. The fraction of sp³-hybridized carbons (Fsp3) is 0.500. The summed E-state index contributed by atoms with van der Waals surface area (Å²) in [5.74, 6) is 0.740. The highest BCUT2D eigenvalue weighted by Gasteiger charge is 2.17. The van der Waals surface area contributed by atoms with Gasteiger partial charge in [0.1, 0.15) is 5.75 Å². The van der Waals surface area contributed by atoms with E-state index in [-0.39, 0.29) is 12.0 Å². The number of ether oxygens (including phenoxy) is 1. The Morgan fingerprint density at radius 2 is 2.31 bits per heavy atom. The molecule has 0 unspecified atom stereocenters. The van der Waals surface area contributed by atoms with Gasteiger partial charge in [-0.2, -0.15) is 0 Å². The second-order valence-electron chi connectivity index (χ2n) is 3.80. The molecule has 3 nitrogen and oxygen atoms in total. The van der Waals surface area contributed by atoms with Crippen molar-refractivity contribution >= 4 is 0 Å². The maximum absolute atomic E-state index is 8.98. The summed E-state index contributed by atoms with van der Waals surface area (Å²) in [6.45, 7) is 4.51. The molecule has 0 aliphatic rings. The van der Waals surface area contributed by atoms with Crippen molar-refractivity contribution in [3.63, 3.8) is 0 Å². The summed E-state index contributed by atoms with van der Waals surface area (Å²) in [5, 5.41) is 8.98. The van der Waals surface area contributed by atoms with Crippen molar-refractivity contribution < 1.29 is 9.84 Å². The van der Waals surface area contributed by atoms with Crippen LogP contribution in [-0.4, -0.2) is 23.3 Å². The van der Waals surface area contributed by atoms with Gasteiger partial charge in [-0.05, 0) is 12.1 Å². The van der Waals surface area contributed by atoms with E-state index >= 15 is 0 Å². The highest BCUT2D eigenvalue weighted by molar-refractivity contribution is 5.15. The lowest BCUT2D eigenvalue weighted by Gasteiger charge is -2.21. The summed E-state index contributed by atoms with van der Waals surface area (Å²) in [5.41, 5.74) is -0.199. The second-order valence-corrected chi connectivity index (χ2v) is 3.80. The summed E-state index contributed by atoms with van der Waals surface area (Å²) < 4.78 is 5.44. The molecule has 1 N–H and O–H groups in total. The quantitative estimate of drug-likeness (QED) is 0.765. The molecule has 1 rings (SSSR count). The summed E-state index contributed by atoms with van der Waals surface area (Å²) >= 11 is 0. The standard InChI is InChI=1S/C10H15NO2/c1-10(2,7-12)8-13-9-4-3-5-11-6-9/h3-6,12H,7-8H2,1-2H3. The van der Waals surface area contributed by atoms with Crippen LogP contribution in [0, 0.1) is 5.41 Å². The van der Waals surface area contributed by atoms with Crippen LogP contribution in [0.2, 0.25) is 0 Å². The number of hydrogen-bond donors (Lipinski definition) is 1. The monoisotopic (exact) mass is 181 g/mol. The molecular weight excluding hydrogens is 166 g/mol. The predicted molar refractivity (Wildman–Crippen MR) is 50.6 cm³/mol. The number of aliphatic hydroxyl groups excluding tert-OH is 1. The van der Waals surface area contributed by atoms with Crippen LogP contribution in [0.5, 0.6) is 5.75 Å². The maximum Gasteiger partial charge on any atom is 0.137 e. The van der Waals surface area contributed by atoms with Gasteiger partial charge in [-0.15, -0.1) is 0 Å². The zero-order valence-electron chi connectivity index (χ0n) is 8.03. The molecule has 0 saturated carbocycles. The highest BCUT2D eigenvalue weighted by Crippen LogP contribution is 2.16. The van der Waals surface area contributed by atoms with Crippen LogP contribution >= 0.6 is 0 Å². The van der Waals surface area contributed by atoms with Crippen molar-refractivity contribution in [1.29, 1.82) is 0 Å². The number of nitrogens with zero attached hydrogens (tertiary/aromatic N) is 1. The minimum Gasteiger partial charge on any atom is -0.491 e. The molecule has 3 heteroatoms. The number of hydrogen-bond acceptors (Lipinski definition) is 3. The summed E-state index contributed by atoms with van der Waals surface area (Å²) in [6, 6.07) is 3.67. The first-order valence-corrected chi connectivity index (χ1v) is 4.28. The Balaban J connectivity index is 2.44. The van der Waals surface area contributed by atoms with Gasteiger partial charge in [-0.25, -0.2) is 0 Å². The van der Waals surface area contributed by atoms with Crippen LogP contribution in [0.3, 0.4) is 0 Å². The predicted octanol–water partition coefficient (Wildman–Crippen LogP) is 1.48. The lowest BCUT2D eigenvalue weighted by atomic mass is 9.97. The fourth-order valence-corrected chi connectivity index (χ4v) is 0.757. The van der Waals surface area contributed by atoms with Crippen LogP contribution < -0.4 is 4.74 Å². The third-order valence-corrected chi connectivity index (χ3v) is 1.69. The molecule has 0 atom stereocenters. The number of aromatic nitrogens is 1. The molecule has 1 heterocycles. The molecule has 0 aliphatic heterocycles.